The average molecular weight is 440 g/mol. The molecule has 3 aromatic rings. The van der Waals surface area contributed by atoms with Crippen LogP contribution in [0.5, 0.6) is 0 Å². The van der Waals surface area contributed by atoms with E-state index < -0.39 is 24.1 Å². The molecule has 11 heteroatoms. The van der Waals surface area contributed by atoms with Gasteiger partial charge < -0.3 is 25.7 Å². The lowest BCUT2D eigenvalue weighted by Crippen LogP contribution is -2.41. The Hall–Kier alpha value is -3.70. The number of carboxylic acid groups (broad SMARTS) is 1. The van der Waals surface area contributed by atoms with Crippen LogP contribution in [-0.4, -0.2) is 55.7 Å². The third-order valence-corrected chi connectivity index (χ3v) is 5.30. The van der Waals surface area contributed by atoms with Gasteiger partial charge in [0.2, 0.25) is 0 Å². The molecule has 2 unspecified atom stereocenters. The molecule has 0 aliphatic carbocycles. The van der Waals surface area contributed by atoms with Crippen LogP contribution in [0.2, 0.25) is 0 Å². The maximum absolute atomic E-state index is 12.4. The Morgan fingerprint density at radius 2 is 1.84 bits per heavy atom. The standard InChI is InChI=1S/C20H20N6O4S/c27-16-8-9-25(17(16)18(28)29)14-6-4-12(5-7-14)22-19(30)23-13-2-1-3-15(10-13)26-11-21-24-20(26)31/h1-7,10-11,16-17,27H,8-9H2,(H,24,31)(H,28,29)(H2,22,23,30). The minimum Gasteiger partial charge on any atom is -0.480 e. The van der Waals surface area contributed by atoms with Crippen LogP contribution < -0.4 is 15.5 Å². The highest BCUT2D eigenvalue weighted by Gasteiger charge is 2.38. The largest absolute Gasteiger partial charge is 0.480 e. The second kappa shape index (κ2) is 8.58. The van der Waals surface area contributed by atoms with Gasteiger partial charge in [0, 0.05) is 23.6 Å². The Balaban J connectivity index is 1.41. The molecule has 1 aliphatic heterocycles. The molecular weight excluding hydrogens is 420 g/mol. The van der Waals surface area contributed by atoms with Crippen molar-refractivity contribution in [1.29, 1.82) is 0 Å². The van der Waals surface area contributed by atoms with Gasteiger partial charge in [-0.2, -0.15) is 5.10 Å². The number of urea groups is 1. The Bertz CT molecular complexity index is 1160. The van der Waals surface area contributed by atoms with Gasteiger partial charge >= 0.3 is 12.0 Å². The molecule has 0 radical (unpaired) electrons. The first-order valence-electron chi connectivity index (χ1n) is 9.50. The van der Waals surface area contributed by atoms with E-state index in [0.29, 0.717) is 34.8 Å². The number of aromatic amines is 1. The molecule has 2 atom stereocenters. The molecule has 5 N–H and O–H groups in total. The maximum atomic E-state index is 12.4. The summed E-state index contributed by atoms with van der Waals surface area (Å²) in [6.45, 7) is 0.447. The molecule has 160 valence electrons. The first-order valence-corrected chi connectivity index (χ1v) is 9.91. The first kappa shape index (κ1) is 20.6. The van der Waals surface area contributed by atoms with Crippen molar-refractivity contribution in [1.82, 2.24) is 14.8 Å². The molecule has 1 aromatic heterocycles. The third kappa shape index (κ3) is 4.42. The summed E-state index contributed by atoms with van der Waals surface area (Å²) in [4.78, 5) is 25.4. The number of nitrogens with one attached hydrogen (secondary N) is 3. The highest BCUT2D eigenvalue weighted by Crippen LogP contribution is 2.27. The molecule has 4 rings (SSSR count). The Morgan fingerprint density at radius 3 is 2.52 bits per heavy atom. The molecular formula is C20H20N6O4S. The van der Waals surface area contributed by atoms with E-state index in [1.54, 1.807) is 58.3 Å². The first-order chi connectivity index (χ1) is 14.9. The average Bonchev–Trinajstić information content (AvgIpc) is 3.34. The molecule has 2 amide bonds. The third-order valence-electron chi connectivity index (χ3n) is 5.01. The van der Waals surface area contributed by atoms with Crippen molar-refractivity contribution in [3.05, 3.63) is 59.6 Å². The van der Waals surface area contributed by atoms with Crippen molar-refractivity contribution in [2.24, 2.45) is 0 Å². The predicted molar refractivity (Wildman–Crippen MR) is 117 cm³/mol. The Kier molecular flexibility index (Phi) is 5.69. The second-order valence-corrected chi connectivity index (χ2v) is 7.43. The van der Waals surface area contributed by atoms with Gasteiger partial charge in [-0.1, -0.05) is 6.07 Å². The normalized spacial score (nSPS) is 18.0. The quantitative estimate of drug-likeness (QED) is 0.385. The van der Waals surface area contributed by atoms with Crippen LogP contribution in [0.25, 0.3) is 5.69 Å². The van der Waals surface area contributed by atoms with Crippen molar-refractivity contribution in [2.45, 2.75) is 18.6 Å². The number of rotatable bonds is 5. The number of aromatic nitrogens is 3. The van der Waals surface area contributed by atoms with Crippen molar-refractivity contribution >= 4 is 41.3 Å². The molecule has 2 aromatic carbocycles. The fraction of sp³-hybridized carbons (Fsp3) is 0.200. The van der Waals surface area contributed by atoms with E-state index in [-0.39, 0.29) is 0 Å². The Morgan fingerprint density at radius 1 is 1.10 bits per heavy atom. The number of carboxylic acids is 1. The minimum atomic E-state index is -1.06. The van der Waals surface area contributed by atoms with Gasteiger partial charge in [-0.25, -0.2) is 9.59 Å². The fourth-order valence-corrected chi connectivity index (χ4v) is 3.76. The van der Waals surface area contributed by atoms with E-state index in [2.05, 4.69) is 20.8 Å². The van der Waals surface area contributed by atoms with E-state index in [9.17, 15) is 19.8 Å². The lowest BCUT2D eigenvalue weighted by atomic mass is 10.1. The van der Waals surface area contributed by atoms with Gasteiger partial charge in [-0.05, 0) is 61.1 Å². The van der Waals surface area contributed by atoms with Crippen LogP contribution in [0, 0.1) is 4.77 Å². The number of H-pyrrole nitrogens is 1. The van der Waals surface area contributed by atoms with E-state index in [0.717, 1.165) is 5.69 Å². The summed E-state index contributed by atoms with van der Waals surface area (Å²) < 4.78 is 2.12. The zero-order chi connectivity index (χ0) is 22.0. The number of aliphatic hydroxyl groups is 1. The molecule has 1 aliphatic rings. The summed E-state index contributed by atoms with van der Waals surface area (Å²) in [5.74, 6) is -1.06. The second-order valence-electron chi connectivity index (χ2n) is 7.04. The summed E-state index contributed by atoms with van der Waals surface area (Å²) in [5.41, 5.74) is 2.53. The van der Waals surface area contributed by atoms with Gasteiger partial charge in [-0.15, -0.1) is 0 Å². The molecule has 0 bridgehead atoms. The predicted octanol–water partition coefficient (Wildman–Crippen LogP) is 2.60. The SMILES string of the molecule is O=C(Nc1ccc(N2CCC(O)C2C(=O)O)cc1)Nc1cccc(-n2cn[nH]c2=S)c1. The molecule has 0 spiro atoms. The molecule has 2 heterocycles. The van der Waals surface area contributed by atoms with Gasteiger partial charge in [0.25, 0.3) is 0 Å². The topological polar surface area (TPSA) is 136 Å². The summed E-state index contributed by atoms with van der Waals surface area (Å²) in [6, 6.07) is 12.5. The number of carbonyl (C=O) groups is 2. The zero-order valence-corrected chi connectivity index (χ0v) is 17.0. The highest BCUT2D eigenvalue weighted by molar-refractivity contribution is 7.71. The number of anilines is 3. The van der Waals surface area contributed by atoms with E-state index in [4.69, 9.17) is 12.2 Å². The number of benzene rings is 2. The van der Waals surface area contributed by atoms with Crippen LogP contribution >= 0.6 is 12.2 Å². The van der Waals surface area contributed by atoms with E-state index in [1.807, 2.05) is 6.07 Å². The summed E-state index contributed by atoms with van der Waals surface area (Å²) in [5, 5.41) is 31.3. The zero-order valence-electron chi connectivity index (χ0n) is 16.2. The molecule has 0 saturated carbocycles. The number of carbonyl (C=O) groups excluding carboxylic acids is 1. The lowest BCUT2D eigenvalue weighted by Gasteiger charge is -2.25. The Labute approximate surface area is 182 Å². The number of aliphatic carboxylic acids is 1. The van der Waals surface area contributed by atoms with Gasteiger partial charge in [0.05, 0.1) is 11.8 Å². The molecule has 1 saturated heterocycles. The summed E-state index contributed by atoms with van der Waals surface area (Å²) >= 11 is 5.16. The maximum Gasteiger partial charge on any atom is 0.329 e. The van der Waals surface area contributed by atoms with Crippen molar-refractivity contribution in [3.8, 4) is 5.69 Å². The van der Waals surface area contributed by atoms with Crippen LogP contribution in [0.1, 0.15) is 6.42 Å². The van der Waals surface area contributed by atoms with Crippen molar-refractivity contribution in [2.75, 3.05) is 22.1 Å². The molecule has 10 nitrogen and oxygen atoms in total. The highest BCUT2D eigenvalue weighted by atomic mass is 32.1. The lowest BCUT2D eigenvalue weighted by molar-refractivity contribution is -0.140. The van der Waals surface area contributed by atoms with Gasteiger partial charge in [0.1, 0.15) is 6.33 Å². The molecule has 31 heavy (non-hydrogen) atoms. The monoisotopic (exact) mass is 440 g/mol. The smallest absolute Gasteiger partial charge is 0.329 e. The number of hydrogen-bond acceptors (Lipinski definition) is 6. The van der Waals surface area contributed by atoms with E-state index >= 15 is 0 Å². The molecule has 1 fully saturated rings. The minimum absolute atomic E-state index is 0.391. The van der Waals surface area contributed by atoms with E-state index in [1.165, 1.54) is 0 Å². The van der Waals surface area contributed by atoms with Gasteiger partial charge in [0.15, 0.2) is 10.8 Å². The summed E-state index contributed by atoms with van der Waals surface area (Å²) in [7, 11) is 0. The number of aliphatic hydroxyl groups excluding tert-OH is 1. The number of amides is 2. The summed E-state index contributed by atoms with van der Waals surface area (Å²) in [6.07, 6.45) is 1.04. The number of nitrogens with zero attached hydrogens (tertiary/aromatic N) is 3. The van der Waals surface area contributed by atoms with Crippen LogP contribution in [0.3, 0.4) is 0 Å². The van der Waals surface area contributed by atoms with Crippen molar-refractivity contribution < 1.29 is 19.8 Å². The van der Waals surface area contributed by atoms with Crippen molar-refractivity contribution in [3.63, 3.8) is 0 Å². The van der Waals surface area contributed by atoms with Crippen LogP contribution in [0.4, 0.5) is 21.9 Å². The van der Waals surface area contributed by atoms with Gasteiger partial charge in [-0.3, -0.25) is 9.67 Å². The number of hydrogen-bond donors (Lipinski definition) is 5. The fourth-order valence-electron chi connectivity index (χ4n) is 3.56. The van der Waals surface area contributed by atoms with Crippen LogP contribution in [0.15, 0.2) is 54.9 Å². The van der Waals surface area contributed by atoms with Crippen LogP contribution in [-0.2, 0) is 4.79 Å².